The van der Waals surface area contributed by atoms with Crippen LogP contribution in [0.4, 0.5) is 24.5 Å². The molecule has 0 aliphatic carbocycles. The quantitative estimate of drug-likeness (QED) is 0.407. The summed E-state index contributed by atoms with van der Waals surface area (Å²) in [6.45, 7) is 2.90. The van der Waals surface area contributed by atoms with E-state index < -0.39 is 30.1 Å². The first-order valence-electron chi connectivity index (χ1n) is 11.2. The van der Waals surface area contributed by atoms with Gasteiger partial charge in [0.1, 0.15) is 5.75 Å². The van der Waals surface area contributed by atoms with E-state index in [1.165, 1.54) is 14.0 Å². The lowest BCUT2D eigenvalue weighted by molar-refractivity contribution is -0.137. The molecule has 0 bridgehead atoms. The van der Waals surface area contributed by atoms with E-state index in [0.29, 0.717) is 37.0 Å². The van der Waals surface area contributed by atoms with Gasteiger partial charge in [-0.1, -0.05) is 6.07 Å². The second-order valence-electron chi connectivity index (χ2n) is 8.49. The summed E-state index contributed by atoms with van der Waals surface area (Å²) < 4.78 is 44.0. The van der Waals surface area contributed by atoms with E-state index in [4.69, 9.17) is 10.5 Å². The van der Waals surface area contributed by atoms with Crippen molar-refractivity contribution < 1.29 is 32.3 Å². The first kappa shape index (κ1) is 26.8. The molecule has 9 nitrogen and oxygen atoms in total. The Morgan fingerprint density at radius 3 is 2.58 bits per heavy atom. The summed E-state index contributed by atoms with van der Waals surface area (Å²) in [5.41, 5.74) is 5.70. The first-order valence-corrected chi connectivity index (χ1v) is 11.2. The fraction of sp³-hybridized carbons (Fsp3) is 0.375. The number of rotatable bonds is 8. The summed E-state index contributed by atoms with van der Waals surface area (Å²) in [4.78, 5) is 38.2. The number of ether oxygens (including phenoxy) is 1. The summed E-state index contributed by atoms with van der Waals surface area (Å²) in [7, 11) is 1.52. The van der Waals surface area contributed by atoms with Crippen LogP contribution in [-0.2, 0) is 22.3 Å². The molecular formula is C24H28F3N5O4. The maximum atomic E-state index is 12.9. The van der Waals surface area contributed by atoms with Crippen molar-refractivity contribution >= 4 is 29.1 Å². The van der Waals surface area contributed by atoms with Crippen molar-refractivity contribution in [1.82, 2.24) is 15.5 Å². The SMILES string of the molecule is COc1ccc(CN2CC[C@@H](NC(=O)CNC(=O)c3cc(C(F)(F)F)ccc3N)C2)cc1NC(C)=O. The van der Waals surface area contributed by atoms with Crippen LogP contribution in [0.5, 0.6) is 5.75 Å². The number of nitrogen functional groups attached to an aromatic ring is 1. The van der Waals surface area contributed by atoms with Gasteiger partial charge in [-0.3, -0.25) is 19.3 Å². The third kappa shape index (κ3) is 7.11. The van der Waals surface area contributed by atoms with E-state index in [0.717, 1.165) is 24.2 Å². The zero-order chi connectivity index (χ0) is 26.5. The highest BCUT2D eigenvalue weighted by Gasteiger charge is 2.31. The lowest BCUT2D eigenvalue weighted by Gasteiger charge is -2.18. The molecule has 0 saturated carbocycles. The Labute approximate surface area is 206 Å². The molecule has 5 N–H and O–H groups in total. The molecule has 36 heavy (non-hydrogen) atoms. The number of nitrogens with zero attached hydrogens (tertiary/aromatic N) is 1. The lowest BCUT2D eigenvalue weighted by Crippen LogP contribution is -2.43. The average Bonchev–Trinajstić information content (AvgIpc) is 3.23. The van der Waals surface area contributed by atoms with Crippen LogP contribution in [0, 0.1) is 0 Å². The van der Waals surface area contributed by atoms with Crippen LogP contribution in [0.25, 0.3) is 0 Å². The Hall–Kier alpha value is -3.80. The van der Waals surface area contributed by atoms with E-state index in [1.807, 2.05) is 12.1 Å². The number of halogens is 3. The largest absolute Gasteiger partial charge is 0.495 e. The summed E-state index contributed by atoms with van der Waals surface area (Å²) in [5.74, 6) is -0.985. The van der Waals surface area contributed by atoms with Gasteiger partial charge in [-0.05, 0) is 42.3 Å². The molecule has 1 aliphatic rings. The predicted octanol–water partition coefficient (Wildman–Crippen LogP) is 2.38. The van der Waals surface area contributed by atoms with Crippen molar-refractivity contribution in [2.75, 3.05) is 37.8 Å². The minimum absolute atomic E-state index is 0.118. The number of hydrogen-bond acceptors (Lipinski definition) is 6. The van der Waals surface area contributed by atoms with Gasteiger partial charge in [0.15, 0.2) is 0 Å². The standard InChI is InChI=1S/C24H28F3N5O4/c1-14(33)30-20-9-15(3-6-21(20)36-2)12-32-8-7-17(13-32)31-22(34)11-29-23(35)18-10-16(24(25,26)27)4-5-19(18)28/h3-6,9-10,17H,7-8,11-13,28H2,1-2H3,(H,29,35)(H,30,33)(H,31,34)/t17-/m1/s1. The molecule has 1 saturated heterocycles. The molecule has 0 unspecified atom stereocenters. The Morgan fingerprint density at radius 2 is 1.92 bits per heavy atom. The summed E-state index contributed by atoms with van der Waals surface area (Å²) in [5, 5.41) is 7.88. The van der Waals surface area contributed by atoms with Gasteiger partial charge in [0.05, 0.1) is 30.5 Å². The molecule has 1 heterocycles. The van der Waals surface area contributed by atoms with Crippen molar-refractivity contribution in [3.8, 4) is 5.75 Å². The zero-order valence-electron chi connectivity index (χ0n) is 19.9. The zero-order valence-corrected chi connectivity index (χ0v) is 19.9. The van der Waals surface area contributed by atoms with Crippen molar-refractivity contribution in [2.45, 2.75) is 32.1 Å². The Bertz CT molecular complexity index is 1140. The highest BCUT2D eigenvalue weighted by molar-refractivity contribution is 6.00. The number of anilines is 2. The smallest absolute Gasteiger partial charge is 0.416 e. The fourth-order valence-corrected chi connectivity index (χ4v) is 3.96. The van der Waals surface area contributed by atoms with Crippen molar-refractivity contribution in [1.29, 1.82) is 0 Å². The van der Waals surface area contributed by atoms with Crippen LogP contribution < -0.4 is 26.4 Å². The summed E-state index contributed by atoms with van der Waals surface area (Å²) >= 11 is 0. The van der Waals surface area contributed by atoms with E-state index in [2.05, 4.69) is 20.9 Å². The third-order valence-electron chi connectivity index (χ3n) is 5.65. The number of amides is 3. The van der Waals surface area contributed by atoms with Gasteiger partial charge < -0.3 is 26.4 Å². The molecule has 0 aromatic heterocycles. The monoisotopic (exact) mass is 507 g/mol. The second kappa shape index (κ2) is 11.3. The van der Waals surface area contributed by atoms with Crippen LogP contribution in [0.1, 0.15) is 34.8 Å². The summed E-state index contributed by atoms with van der Waals surface area (Å²) in [6, 6.07) is 7.81. The number of alkyl halides is 3. The lowest BCUT2D eigenvalue weighted by atomic mass is 10.1. The maximum absolute atomic E-state index is 12.9. The highest BCUT2D eigenvalue weighted by atomic mass is 19.4. The first-order chi connectivity index (χ1) is 17.0. The minimum Gasteiger partial charge on any atom is -0.495 e. The number of likely N-dealkylation sites (tertiary alicyclic amines) is 1. The second-order valence-corrected chi connectivity index (χ2v) is 8.49. The van der Waals surface area contributed by atoms with E-state index in [-0.39, 0.29) is 23.2 Å². The number of benzene rings is 2. The van der Waals surface area contributed by atoms with Crippen LogP contribution in [0.3, 0.4) is 0 Å². The molecule has 2 aromatic rings. The number of methoxy groups -OCH3 is 1. The van der Waals surface area contributed by atoms with E-state index in [1.54, 1.807) is 6.07 Å². The van der Waals surface area contributed by atoms with Gasteiger partial charge in [-0.25, -0.2) is 0 Å². The molecule has 3 amide bonds. The number of carbonyl (C=O) groups excluding carboxylic acids is 3. The van der Waals surface area contributed by atoms with Gasteiger partial charge in [-0.15, -0.1) is 0 Å². The molecular weight excluding hydrogens is 479 g/mol. The van der Waals surface area contributed by atoms with Gasteiger partial charge in [0, 0.05) is 38.3 Å². The molecule has 1 fully saturated rings. The van der Waals surface area contributed by atoms with Crippen molar-refractivity contribution in [3.63, 3.8) is 0 Å². The third-order valence-corrected chi connectivity index (χ3v) is 5.65. The molecule has 2 aromatic carbocycles. The van der Waals surface area contributed by atoms with Crippen molar-refractivity contribution in [2.24, 2.45) is 0 Å². The summed E-state index contributed by atoms with van der Waals surface area (Å²) in [6.07, 6.45) is -3.93. The predicted molar refractivity (Wildman–Crippen MR) is 127 cm³/mol. The molecule has 194 valence electrons. The molecule has 1 aliphatic heterocycles. The normalized spacial score (nSPS) is 15.9. The maximum Gasteiger partial charge on any atom is 0.416 e. The molecule has 12 heteroatoms. The number of nitrogens with two attached hydrogens (primary N) is 1. The molecule has 1 atom stereocenters. The number of hydrogen-bond donors (Lipinski definition) is 4. The van der Waals surface area contributed by atoms with E-state index >= 15 is 0 Å². The van der Waals surface area contributed by atoms with Crippen molar-refractivity contribution in [3.05, 3.63) is 53.1 Å². The molecule has 0 radical (unpaired) electrons. The average molecular weight is 508 g/mol. The molecule has 0 spiro atoms. The van der Waals surface area contributed by atoms with Gasteiger partial charge >= 0.3 is 6.18 Å². The van der Waals surface area contributed by atoms with Gasteiger partial charge in [0.2, 0.25) is 11.8 Å². The van der Waals surface area contributed by atoms with Gasteiger partial charge in [0.25, 0.3) is 5.91 Å². The Balaban J connectivity index is 1.50. The minimum atomic E-state index is -4.62. The molecule has 3 rings (SSSR count). The number of nitrogens with one attached hydrogen (secondary N) is 3. The van der Waals surface area contributed by atoms with Crippen LogP contribution in [0.15, 0.2) is 36.4 Å². The van der Waals surface area contributed by atoms with E-state index in [9.17, 15) is 27.6 Å². The number of carbonyl (C=O) groups is 3. The Morgan fingerprint density at radius 1 is 1.17 bits per heavy atom. The fourth-order valence-electron chi connectivity index (χ4n) is 3.96. The van der Waals surface area contributed by atoms with Crippen LogP contribution >= 0.6 is 0 Å². The topological polar surface area (TPSA) is 126 Å². The highest BCUT2D eigenvalue weighted by Crippen LogP contribution is 2.31. The van der Waals surface area contributed by atoms with Crippen LogP contribution in [-0.4, -0.2) is 55.4 Å². The van der Waals surface area contributed by atoms with Gasteiger partial charge in [-0.2, -0.15) is 13.2 Å². The van der Waals surface area contributed by atoms with Crippen LogP contribution in [0.2, 0.25) is 0 Å². The Kier molecular flexibility index (Phi) is 8.41.